The molecule has 0 saturated carbocycles. The summed E-state index contributed by atoms with van der Waals surface area (Å²) in [6, 6.07) is 10.1. The van der Waals surface area contributed by atoms with E-state index in [1.165, 1.54) is 5.56 Å². The van der Waals surface area contributed by atoms with E-state index in [-0.39, 0.29) is 6.10 Å². The number of aryl methyl sites for hydroxylation is 1. The number of rotatable bonds is 4. The molecule has 0 amide bonds. The Morgan fingerprint density at radius 3 is 2.85 bits per heavy atom. The molecule has 3 rings (SSSR count). The van der Waals surface area contributed by atoms with E-state index >= 15 is 0 Å². The summed E-state index contributed by atoms with van der Waals surface area (Å²) in [5, 5.41) is 6.35. The van der Waals surface area contributed by atoms with Gasteiger partial charge in [-0.3, -0.25) is 0 Å². The number of anilines is 2. The molecule has 20 heavy (non-hydrogen) atoms. The first-order valence-corrected chi connectivity index (χ1v) is 6.76. The molecule has 0 spiro atoms. The number of para-hydroxylation sites is 1. The highest BCUT2D eigenvalue weighted by molar-refractivity contribution is 5.47. The van der Waals surface area contributed by atoms with Crippen molar-refractivity contribution in [3.63, 3.8) is 0 Å². The first-order valence-electron chi connectivity index (χ1n) is 6.76. The van der Waals surface area contributed by atoms with Crippen LogP contribution in [-0.2, 0) is 6.42 Å². The molecule has 2 N–H and O–H groups in total. The Labute approximate surface area is 118 Å². The summed E-state index contributed by atoms with van der Waals surface area (Å²) < 4.78 is 5.89. The van der Waals surface area contributed by atoms with E-state index in [4.69, 9.17) is 4.74 Å². The zero-order valence-corrected chi connectivity index (χ0v) is 11.7. The van der Waals surface area contributed by atoms with Gasteiger partial charge in [0, 0.05) is 19.5 Å². The van der Waals surface area contributed by atoms with Crippen LogP contribution in [0.2, 0.25) is 0 Å². The SMILES string of the molecule is CNc1cc(NCC2Cc3ccccc3O2)nc(C)n1. The fourth-order valence-electron chi connectivity index (χ4n) is 2.37. The van der Waals surface area contributed by atoms with Gasteiger partial charge in [0.15, 0.2) is 0 Å². The molecule has 0 radical (unpaired) electrons. The van der Waals surface area contributed by atoms with Gasteiger partial charge >= 0.3 is 0 Å². The molecule has 0 fully saturated rings. The number of ether oxygens (including phenoxy) is 1. The number of nitrogens with one attached hydrogen (secondary N) is 2. The average molecular weight is 270 g/mol. The second kappa shape index (κ2) is 5.36. The van der Waals surface area contributed by atoms with Gasteiger partial charge in [-0.15, -0.1) is 0 Å². The number of benzene rings is 1. The quantitative estimate of drug-likeness (QED) is 0.892. The molecule has 2 heterocycles. The molecule has 1 atom stereocenters. The molecular formula is C15H18N4O. The summed E-state index contributed by atoms with van der Waals surface area (Å²) in [4.78, 5) is 8.65. The Balaban J connectivity index is 1.63. The number of hydrogen-bond acceptors (Lipinski definition) is 5. The van der Waals surface area contributed by atoms with E-state index in [9.17, 15) is 0 Å². The molecule has 0 aliphatic carbocycles. The van der Waals surface area contributed by atoms with E-state index in [0.29, 0.717) is 0 Å². The van der Waals surface area contributed by atoms with Crippen molar-refractivity contribution in [2.24, 2.45) is 0 Å². The number of fused-ring (bicyclic) bond motifs is 1. The van der Waals surface area contributed by atoms with Gasteiger partial charge in [-0.2, -0.15) is 0 Å². The van der Waals surface area contributed by atoms with Gasteiger partial charge in [0.2, 0.25) is 0 Å². The lowest BCUT2D eigenvalue weighted by atomic mass is 10.1. The van der Waals surface area contributed by atoms with Crippen LogP contribution in [-0.4, -0.2) is 29.7 Å². The molecule has 1 unspecified atom stereocenters. The average Bonchev–Trinajstić information content (AvgIpc) is 2.87. The molecule has 5 nitrogen and oxygen atoms in total. The van der Waals surface area contributed by atoms with Crippen LogP contribution in [0.4, 0.5) is 11.6 Å². The molecule has 2 aromatic rings. The molecule has 0 bridgehead atoms. The maximum absolute atomic E-state index is 5.89. The Bertz CT molecular complexity index is 590. The minimum absolute atomic E-state index is 0.153. The van der Waals surface area contributed by atoms with Crippen LogP contribution in [0.1, 0.15) is 11.4 Å². The molecular weight excluding hydrogens is 252 g/mol. The van der Waals surface area contributed by atoms with Gasteiger partial charge in [0.05, 0.1) is 6.54 Å². The Morgan fingerprint density at radius 1 is 1.25 bits per heavy atom. The van der Waals surface area contributed by atoms with Gasteiger partial charge in [0.1, 0.15) is 29.3 Å². The fourth-order valence-corrected chi connectivity index (χ4v) is 2.37. The summed E-state index contributed by atoms with van der Waals surface area (Å²) in [6.07, 6.45) is 1.09. The Kier molecular flexibility index (Phi) is 3.41. The van der Waals surface area contributed by atoms with Gasteiger partial charge < -0.3 is 15.4 Å². The van der Waals surface area contributed by atoms with Gasteiger partial charge in [-0.25, -0.2) is 9.97 Å². The monoisotopic (exact) mass is 270 g/mol. The van der Waals surface area contributed by atoms with Crippen molar-refractivity contribution in [3.8, 4) is 5.75 Å². The molecule has 1 aromatic carbocycles. The molecule has 0 saturated heterocycles. The van der Waals surface area contributed by atoms with Crippen LogP contribution in [0.5, 0.6) is 5.75 Å². The molecule has 1 aliphatic rings. The summed E-state index contributed by atoms with van der Waals surface area (Å²) in [6.45, 7) is 2.61. The Hall–Kier alpha value is -2.30. The van der Waals surface area contributed by atoms with Crippen molar-refractivity contribution in [1.82, 2.24) is 9.97 Å². The summed E-state index contributed by atoms with van der Waals surface area (Å²) >= 11 is 0. The maximum Gasteiger partial charge on any atom is 0.131 e. The molecule has 1 aromatic heterocycles. The molecule has 104 valence electrons. The standard InChI is InChI=1S/C15H18N4O/c1-10-18-14(16-2)8-15(19-10)17-9-12-7-11-5-3-4-6-13(11)20-12/h3-6,8,12H,7,9H2,1-2H3,(H2,16,17,18,19). The third-order valence-corrected chi connectivity index (χ3v) is 3.32. The lowest BCUT2D eigenvalue weighted by molar-refractivity contribution is 0.246. The van der Waals surface area contributed by atoms with E-state index in [1.54, 1.807) is 0 Å². The van der Waals surface area contributed by atoms with E-state index in [0.717, 1.165) is 36.2 Å². The van der Waals surface area contributed by atoms with Crippen molar-refractivity contribution in [1.29, 1.82) is 0 Å². The van der Waals surface area contributed by atoms with Crippen molar-refractivity contribution in [2.75, 3.05) is 24.2 Å². The lowest BCUT2D eigenvalue weighted by Gasteiger charge is -2.13. The summed E-state index contributed by atoms with van der Waals surface area (Å²) in [7, 11) is 1.85. The number of hydrogen-bond donors (Lipinski definition) is 2. The zero-order chi connectivity index (χ0) is 13.9. The highest BCUT2D eigenvalue weighted by Crippen LogP contribution is 2.28. The Morgan fingerprint density at radius 2 is 2.05 bits per heavy atom. The fraction of sp³-hybridized carbons (Fsp3) is 0.333. The van der Waals surface area contributed by atoms with Crippen LogP contribution >= 0.6 is 0 Å². The van der Waals surface area contributed by atoms with E-state index < -0.39 is 0 Å². The normalized spacial score (nSPS) is 16.4. The highest BCUT2D eigenvalue weighted by Gasteiger charge is 2.22. The first kappa shape index (κ1) is 12.7. The lowest BCUT2D eigenvalue weighted by Crippen LogP contribution is -2.24. The topological polar surface area (TPSA) is 59.1 Å². The third-order valence-electron chi connectivity index (χ3n) is 3.32. The number of nitrogens with zero attached hydrogens (tertiary/aromatic N) is 2. The van der Waals surface area contributed by atoms with Crippen LogP contribution in [0.25, 0.3) is 0 Å². The molecule has 1 aliphatic heterocycles. The van der Waals surface area contributed by atoms with Gasteiger partial charge in [-0.1, -0.05) is 18.2 Å². The van der Waals surface area contributed by atoms with Gasteiger partial charge in [0.25, 0.3) is 0 Å². The van der Waals surface area contributed by atoms with Crippen molar-refractivity contribution in [3.05, 3.63) is 41.7 Å². The van der Waals surface area contributed by atoms with Crippen molar-refractivity contribution < 1.29 is 4.74 Å². The van der Waals surface area contributed by atoms with E-state index in [1.807, 2.05) is 38.2 Å². The maximum atomic E-state index is 5.89. The number of aromatic nitrogens is 2. The second-order valence-corrected chi connectivity index (χ2v) is 4.87. The second-order valence-electron chi connectivity index (χ2n) is 4.87. The van der Waals surface area contributed by atoms with E-state index in [2.05, 4.69) is 26.7 Å². The third kappa shape index (κ3) is 2.66. The van der Waals surface area contributed by atoms with Crippen LogP contribution < -0.4 is 15.4 Å². The predicted octanol–water partition coefficient (Wildman–Crippen LogP) is 2.24. The summed E-state index contributed by atoms with van der Waals surface area (Å²) in [5.74, 6) is 3.38. The zero-order valence-electron chi connectivity index (χ0n) is 11.7. The van der Waals surface area contributed by atoms with Gasteiger partial charge in [-0.05, 0) is 18.6 Å². The minimum Gasteiger partial charge on any atom is -0.488 e. The molecule has 5 heteroatoms. The smallest absolute Gasteiger partial charge is 0.131 e. The predicted molar refractivity (Wildman–Crippen MR) is 79.4 cm³/mol. The van der Waals surface area contributed by atoms with Crippen molar-refractivity contribution >= 4 is 11.6 Å². The van der Waals surface area contributed by atoms with Crippen LogP contribution in [0.15, 0.2) is 30.3 Å². The minimum atomic E-state index is 0.153. The largest absolute Gasteiger partial charge is 0.488 e. The first-order chi connectivity index (χ1) is 9.74. The summed E-state index contributed by atoms with van der Waals surface area (Å²) in [5.41, 5.74) is 1.27. The highest BCUT2D eigenvalue weighted by atomic mass is 16.5. The van der Waals surface area contributed by atoms with Crippen molar-refractivity contribution in [2.45, 2.75) is 19.4 Å². The van der Waals surface area contributed by atoms with Crippen LogP contribution in [0.3, 0.4) is 0 Å². The van der Waals surface area contributed by atoms with Crippen LogP contribution in [0, 0.1) is 6.92 Å².